The summed E-state index contributed by atoms with van der Waals surface area (Å²) in [5, 5.41) is 13.9. The molecule has 0 unspecified atom stereocenters. The van der Waals surface area contributed by atoms with E-state index in [1.165, 1.54) is 0 Å². The van der Waals surface area contributed by atoms with Crippen molar-refractivity contribution in [1.29, 1.82) is 0 Å². The highest BCUT2D eigenvalue weighted by molar-refractivity contribution is 5.93. The molecule has 0 heterocycles. The number of carbonyl (C=O) groups is 4. The Morgan fingerprint density at radius 2 is 1.48 bits per heavy atom. The molecular weight excluding hydrogens is 328 g/mol. The second kappa shape index (κ2) is 10.7. The topological polar surface area (TPSA) is 165 Å². The number of primary amides is 1. The molecule has 0 radical (unpaired) electrons. The third-order valence-electron chi connectivity index (χ3n) is 4.37. The number of nitrogens with one attached hydrogen (secondary N) is 2. The molecule has 0 aromatic rings. The lowest BCUT2D eigenvalue weighted by molar-refractivity contribution is -0.144. The van der Waals surface area contributed by atoms with E-state index in [1.54, 1.807) is 6.92 Å². The van der Waals surface area contributed by atoms with Crippen LogP contribution in [0, 0.1) is 11.8 Å². The fourth-order valence-electron chi connectivity index (χ4n) is 2.13. The molecule has 9 nitrogen and oxygen atoms in total. The third-order valence-corrected chi connectivity index (χ3v) is 4.37. The van der Waals surface area contributed by atoms with Crippen molar-refractivity contribution in [2.45, 2.75) is 65.1 Å². The summed E-state index contributed by atoms with van der Waals surface area (Å²) in [4.78, 5) is 46.8. The van der Waals surface area contributed by atoms with Crippen LogP contribution in [0.1, 0.15) is 47.0 Å². The van der Waals surface area contributed by atoms with Crippen LogP contribution in [0.4, 0.5) is 0 Å². The molecule has 0 spiro atoms. The van der Waals surface area contributed by atoms with Crippen LogP contribution < -0.4 is 22.1 Å². The van der Waals surface area contributed by atoms with Crippen molar-refractivity contribution in [2.24, 2.45) is 23.3 Å². The van der Waals surface area contributed by atoms with Gasteiger partial charge in [-0.2, -0.15) is 0 Å². The lowest BCUT2D eigenvalue weighted by atomic mass is 9.95. The van der Waals surface area contributed by atoms with Crippen molar-refractivity contribution in [3.8, 4) is 0 Å². The largest absolute Gasteiger partial charge is 0.480 e. The summed E-state index contributed by atoms with van der Waals surface area (Å²) < 4.78 is 0. The molecular formula is C16H30N4O5. The number of hydrogen-bond donors (Lipinski definition) is 5. The minimum absolute atomic E-state index is 0.0673. The Morgan fingerprint density at radius 3 is 1.88 bits per heavy atom. The number of carbonyl (C=O) groups excluding carboxylic acids is 3. The number of carboxylic acids is 1. The minimum atomic E-state index is -1.45. The second-order valence-corrected chi connectivity index (χ2v) is 6.35. The molecule has 0 saturated carbocycles. The van der Waals surface area contributed by atoms with Gasteiger partial charge < -0.3 is 27.2 Å². The molecule has 0 aromatic heterocycles. The summed E-state index contributed by atoms with van der Waals surface area (Å²) >= 11 is 0. The molecule has 0 saturated heterocycles. The molecule has 5 atom stereocenters. The first-order valence-corrected chi connectivity index (χ1v) is 8.42. The Kier molecular flexibility index (Phi) is 9.73. The maximum absolute atomic E-state index is 12.5. The van der Waals surface area contributed by atoms with E-state index in [2.05, 4.69) is 10.6 Å². The Balaban J connectivity index is 5.19. The van der Waals surface area contributed by atoms with Gasteiger partial charge in [-0.3, -0.25) is 14.4 Å². The van der Waals surface area contributed by atoms with E-state index in [9.17, 15) is 19.2 Å². The Labute approximate surface area is 147 Å². The van der Waals surface area contributed by atoms with Gasteiger partial charge in [-0.05, 0) is 11.8 Å². The average Bonchev–Trinajstić information content (AvgIpc) is 2.55. The zero-order valence-corrected chi connectivity index (χ0v) is 15.2. The summed E-state index contributed by atoms with van der Waals surface area (Å²) in [5.41, 5.74) is 10.9. The van der Waals surface area contributed by atoms with Gasteiger partial charge in [0.05, 0.1) is 12.5 Å². The van der Waals surface area contributed by atoms with Crippen LogP contribution in [0.5, 0.6) is 0 Å². The number of nitrogens with two attached hydrogens (primary N) is 2. The summed E-state index contributed by atoms with van der Waals surface area (Å²) in [6, 6.07) is -3.18. The molecule has 3 amide bonds. The van der Waals surface area contributed by atoms with Gasteiger partial charge in [-0.25, -0.2) is 4.79 Å². The van der Waals surface area contributed by atoms with Crippen LogP contribution in [0.15, 0.2) is 0 Å². The highest BCUT2D eigenvalue weighted by Gasteiger charge is 2.32. The van der Waals surface area contributed by atoms with Crippen LogP contribution in [-0.4, -0.2) is 46.9 Å². The maximum atomic E-state index is 12.5. The maximum Gasteiger partial charge on any atom is 0.326 e. The molecule has 7 N–H and O–H groups in total. The summed E-state index contributed by atoms with van der Waals surface area (Å²) in [6.07, 6.45) is 0.744. The fraction of sp³-hybridized carbons (Fsp3) is 0.750. The van der Waals surface area contributed by atoms with Crippen LogP contribution in [0.2, 0.25) is 0 Å². The van der Waals surface area contributed by atoms with E-state index >= 15 is 0 Å². The quantitative estimate of drug-likeness (QED) is 0.329. The van der Waals surface area contributed by atoms with Crippen LogP contribution in [0.3, 0.4) is 0 Å². The van der Waals surface area contributed by atoms with Gasteiger partial charge in [0.25, 0.3) is 0 Å². The van der Waals surface area contributed by atoms with Crippen LogP contribution in [-0.2, 0) is 19.2 Å². The van der Waals surface area contributed by atoms with Gasteiger partial charge in [0, 0.05) is 0 Å². The molecule has 9 heteroatoms. The van der Waals surface area contributed by atoms with E-state index < -0.39 is 48.2 Å². The van der Waals surface area contributed by atoms with Crippen molar-refractivity contribution in [1.82, 2.24) is 10.6 Å². The zero-order valence-electron chi connectivity index (χ0n) is 15.2. The molecule has 0 bridgehead atoms. The Morgan fingerprint density at radius 1 is 0.960 bits per heavy atom. The minimum Gasteiger partial charge on any atom is -0.480 e. The van der Waals surface area contributed by atoms with Gasteiger partial charge in [-0.15, -0.1) is 0 Å². The molecule has 144 valence electrons. The molecule has 0 aromatic carbocycles. The third kappa shape index (κ3) is 7.51. The van der Waals surface area contributed by atoms with Crippen molar-refractivity contribution >= 4 is 23.7 Å². The van der Waals surface area contributed by atoms with Gasteiger partial charge in [-0.1, -0.05) is 40.5 Å². The van der Waals surface area contributed by atoms with E-state index in [0.29, 0.717) is 12.8 Å². The SMILES string of the molecule is CC[C@H](C)[C@H](N)C(=O)N[C@H](C(=O)N[C@@H](CC(N)=O)C(=O)O)[C@@H](C)CC. The summed E-state index contributed by atoms with van der Waals surface area (Å²) in [5.74, 6) is -3.71. The van der Waals surface area contributed by atoms with Crippen molar-refractivity contribution in [3.63, 3.8) is 0 Å². The smallest absolute Gasteiger partial charge is 0.326 e. The number of carboxylic acid groups (broad SMARTS) is 1. The molecule has 0 fully saturated rings. The van der Waals surface area contributed by atoms with E-state index in [1.807, 2.05) is 20.8 Å². The molecule has 0 aliphatic carbocycles. The second-order valence-electron chi connectivity index (χ2n) is 6.35. The normalized spacial score (nSPS) is 16.8. The molecule has 0 aliphatic heterocycles. The van der Waals surface area contributed by atoms with Crippen molar-refractivity contribution in [2.75, 3.05) is 0 Å². The first-order valence-electron chi connectivity index (χ1n) is 8.42. The Bertz CT molecular complexity index is 497. The number of aliphatic carboxylic acids is 1. The van der Waals surface area contributed by atoms with Gasteiger partial charge in [0.2, 0.25) is 17.7 Å². The van der Waals surface area contributed by atoms with Gasteiger partial charge >= 0.3 is 5.97 Å². The monoisotopic (exact) mass is 358 g/mol. The molecule has 25 heavy (non-hydrogen) atoms. The molecule has 0 aliphatic rings. The van der Waals surface area contributed by atoms with Crippen LogP contribution in [0.25, 0.3) is 0 Å². The number of hydrogen-bond acceptors (Lipinski definition) is 5. The number of amides is 3. The van der Waals surface area contributed by atoms with Gasteiger partial charge in [0.1, 0.15) is 12.1 Å². The fourth-order valence-corrected chi connectivity index (χ4v) is 2.13. The zero-order chi connectivity index (χ0) is 19.7. The molecule has 0 rings (SSSR count). The summed E-state index contributed by atoms with van der Waals surface area (Å²) in [6.45, 7) is 7.32. The summed E-state index contributed by atoms with van der Waals surface area (Å²) in [7, 11) is 0. The lowest BCUT2D eigenvalue weighted by Gasteiger charge is -2.27. The number of rotatable bonds is 11. The highest BCUT2D eigenvalue weighted by Crippen LogP contribution is 2.11. The highest BCUT2D eigenvalue weighted by atomic mass is 16.4. The van der Waals surface area contributed by atoms with Crippen LogP contribution >= 0.6 is 0 Å². The first-order chi connectivity index (χ1) is 11.5. The van der Waals surface area contributed by atoms with Crippen molar-refractivity contribution < 1.29 is 24.3 Å². The predicted octanol–water partition coefficient (Wildman–Crippen LogP) is -0.664. The van der Waals surface area contributed by atoms with E-state index in [4.69, 9.17) is 16.6 Å². The van der Waals surface area contributed by atoms with Gasteiger partial charge in [0.15, 0.2) is 0 Å². The average molecular weight is 358 g/mol. The first kappa shape index (κ1) is 22.8. The lowest BCUT2D eigenvalue weighted by Crippen LogP contribution is -2.57. The van der Waals surface area contributed by atoms with Crippen molar-refractivity contribution in [3.05, 3.63) is 0 Å². The standard InChI is InChI=1S/C16H30N4O5/c1-5-8(3)12(18)14(22)20-13(9(4)6-2)15(23)19-10(16(24)25)7-11(17)21/h8-10,12-13H,5-7,18H2,1-4H3,(H2,17,21)(H,19,23)(H,20,22)(H,24,25)/t8-,9-,10-,12-,13-/m0/s1. The predicted molar refractivity (Wildman–Crippen MR) is 92.2 cm³/mol. The van der Waals surface area contributed by atoms with E-state index in [-0.39, 0.29) is 11.8 Å². The van der Waals surface area contributed by atoms with E-state index in [0.717, 1.165) is 0 Å². The Hall–Kier alpha value is -2.16.